The molecule has 0 saturated carbocycles. The lowest BCUT2D eigenvalue weighted by atomic mass is 9.93. The molecule has 0 amide bonds. The lowest BCUT2D eigenvalue weighted by molar-refractivity contribution is 0.454. The van der Waals surface area contributed by atoms with Gasteiger partial charge in [0.15, 0.2) is 17.0 Å². The molecule has 16 rings (SSSR count). The topological polar surface area (TPSA) is 107 Å². The van der Waals surface area contributed by atoms with Crippen LogP contribution in [0.1, 0.15) is 0 Å². The highest BCUT2D eigenvalue weighted by Crippen LogP contribution is 2.41. The first-order valence-electron chi connectivity index (χ1n) is 25.5. The summed E-state index contributed by atoms with van der Waals surface area (Å²) >= 11 is 6.07. The molecule has 0 saturated heterocycles. The molecule has 4 heterocycles. The summed E-state index contributed by atoms with van der Waals surface area (Å²) in [5.41, 5.74) is 9.05. The molecule has 16 aromatic rings. The monoisotopic (exact) mass is 1020 g/mol. The highest BCUT2D eigenvalue weighted by Gasteiger charge is 2.20. The van der Waals surface area contributed by atoms with E-state index < -0.39 is 0 Å². The standard InChI is InChI=1S/C34H20N2O.C18H12BO2.C16H9ClN2O/c1-2-10-21(11-3-1)31-33-32(28-16-8-9-17-30(28)37-33)36-34(35-31)22-18-19-27-25-14-5-4-12-23(25)24-13-6-7-15-26(24)29(27)20-22;20-19-21-12-9-10-17-15-7-2-1-5-13(15)14-6-3-4-8-16(14)18(17)11-12;17-16-18-13(10-6-2-1-3-7-10)15-14(19-16)11-8-4-5-9-12(11)20-15/h1-20H;1-11,20H;1-9H. The molecule has 78 heavy (non-hydrogen) atoms. The van der Waals surface area contributed by atoms with Crippen LogP contribution in [0, 0.1) is 0 Å². The third-order valence-electron chi connectivity index (χ3n) is 14.4. The van der Waals surface area contributed by atoms with Crippen LogP contribution >= 0.6 is 11.6 Å². The number of furan rings is 2. The first-order chi connectivity index (χ1) is 38.6. The van der Waals surface area contributed by atoms with E-state index >= 15 is 0 Å². The van der Waals surface area contributed by atoms with Crippen molar-refractivity contribution in [2.24, 2.45) is 0 Å². The third kappa shape index (κ3) is 8.17. The van der Waals surface area contributed by atoms with Gasteiger partial charge in [0.2, 0.25) is 5.28 Å². The van der Waals surface area contributed by atoms with Gasteiger partial charge >= 0.3 is 7.69 Å². The molecule has 0 atom stereocenters. The Morgan fingerprint density at radius 2 is 0.705 bits per heavy atom. The number of rotatable bonds is 5. The summed E-state index contributed by atoms with van der Waals surface area (Å²) in [6.07, 6.45) is 0. The maximum Gasteiger partial charge on any atom is 0.569 e. The van der Waals surface area contributed by atoms with Gasteiger partial charge in [0, 0.05) is 27.5 Å². The Kier molecular flexibility index (Phi) is 11.7. The molecule has 12 aromatic carbocycles. The zero-order valence-corrected chi connectivity index (χ0v) is 42.3. The molecule has 0 fully saturated rings. The molecule has 8 nitrogen and oxygen atoms in total. The van der Waals surface area contributed by atoms with Crippen LogP contribution < -0.4 is 4.65 Å². The van der Waals surface area contributed by atoms with Gasteiger partial charge in [-0.3, -0.25) is 0 Å². The lowest BCUT2D eigenvalue weighted by Crippen LogP contribution is -1.99. The van der Waals surface area contributed by atoms with Gasteiger partial charge in [-0.05, 0) is 119 Å². The summed E-state index contributed by atoms with van der Waals surface area (Å²) in [5, 5.41) is 25.7. The molecule has 0 unspecified atom stereocenters. The maximum absolute atomic E-state index is 8.83. The Morgan fingerprint density at radius 3 is 1.18 bits per heavy atom. The van der Waals surface area contributed by atoms with Crippen LogP contribution in [0.4, 0.5) is 0 Å². The molecule has 1 N–H and O–H groups in total. The molecular formula is C68H41BClN4O4. The summed E-state index contributed by atoms with van der Waals surface area (Å²) in [6, 6.07) is 82.4. The molecule has 10 heteroatoms. The lowest BCUT2D eigenvalue weighted by Gasteiger charge is -2.12. The number of hydrogen-bond acceptors (Lipinski definition) is 8. The van der Waals surface area contributed by atoms with Gasteiger partial charge in [0.25, 0.3) is 0 Å². The van der Waals surface area contributed by atoms with E-state index in [-0.39, 0.29) is 5.28 Å². The Bertz CT molecular complexity index is 4900. The van der Waals surface area contributed by atoms with Crippen LogP contribution in [0.3, 0.4) is 0 Å². The number of nitrogens with zero attached hydrogens (tertiary/aromatic N) is 4. The van der Waals surface area contributed by atoms with E-state index in [4.69, 9.17) is 40.1 Å². The quantitative estimate of drug-likeness (QED) is 0.103. The van der Waals surface area contributed by atoms with Crippen molar-refractivity contribution in [3.05, 3.63) is 248 Å². The summed E-state index contributed by atoms with van der Waals surface area (Å²) in [6.45, 7) is 0. The van der Waals surface area contributed by atoms with Crippen molar-refractivity contribution in [3.63, 3.8) is 0 Å². The number of para-hydroxylation sites is 2. The molecular weight excluding hydrogens is 983 g/mol. The molecule has 0 aliphatic heterocycles. The van der Waals surface area contributed by atoms with Crippen molar-refractivity contribution in [1.82, 2.24) is 19.9 Å². The van der Waals surface area contributed by atoms with Crippen LogP contribution in [-0.2, 0) is 0 Å². The molecule has 0 aliphatic carbocycles. The SMILES string of the molecule is Clc1nc(-c2ccccc2)c2oc3ccccc3c2n1.O[B]Oc1ccc2c3ccccc3c3ccccc3c2c1.c1ccc(-c2nc(-c3ccc4c5ccccc5c5ccccc5c4c3)nc3c2oc2ccccc23)cc1. The van der Waals surface area contributed by atoms with Crippen LogP contribution in [0.15, 0.2) is 251 Å². The number of benzene rings is 12. The van der Waals surface area contributed by atoms with E-state index in [0.29, 0.717) is 30.4 Å². The van der Waals surface area contributed by atoms with E-state index in [0.717, 1.165) is 66.4 Å². The van der Waals surface area contributed by atoms with Gasteiger partial charge in [-0.25, -0.2) is 19.9 Å². The van der Waals surface area contributed by atoms with E-state index in [2.05, 4.69) is 137 Å². The molecule has 0 aliphatic rings. The van der Waals surface area contributed by atoms with Crippen LogP contribution in [-0.4, -0.2) is 32.6 Å². The first-order valence-corrected chi connectivity index (χ1v) is 25.9. The largest absolute Gasteiger partial charge is 0.569 e. The van der Waals surface area contributed by atoms with E-state index in [1.54, 1.807) is 0 Å². The normalized spacial score (nSPS) is 11.5. The second kappa shape index (κ2) is 19.7. The molecule has 0 spiro atoms. The van der Waals surface area contributed by atoms with Crippen molar-refractivity contribution in [1.29, 1.82) is 0 Å². The minimum Gasteiger partial charge on any atom is -0.537 e. The smallest absolute Gasteiger partial charge is 0.537 e. The number of fused-ring (bicyclic) bond motifs is 18. The highest BCUT2D eigenvalue weighted by molar-refractivity contribution is 6.29. The van der Waals surface area contributed by atoms with Crippen LogP contribution in [0.25, 0.3) is 143 Å². The summed E-state index contributed by atoms with van der Waals surface area (Å²) in [4.78, 5) is 18.8. The predicted octanol–water partition coefficient (Wildman–Crippen LogP) is 17.9. The predicted molar refractivity (Wildman–Crippen MR) is 320 cm³/mol. The summed E-state index contributed by atoms with van der Waals surface area (Å²) in [7, 11) is 0.713. The fourth-order valence-corrected chi connectivity index (χ4v) is 11.1. The van der Waals surface area contributed by atoms with Gasteiger partial charge in [0.05, 0.1) is 0 Å². The van der Waals surface area contributed by atoms with Gasteiger partial charge in [-0.15, -0.1) is 0 Å². The van der Waals surface area contributed by atoms with E-state index in [1.165, 1.54) is 59.2 Å². The zero-order valence-electron chi connectivity index (χ0n) is 41.5. The molecule has 4 aromatic heterocycles. The number of aromatic nitrogens is 4. The van der Waals surface area contributed by atoms with Crippen molar-refractivity contribution < 1.29 is 18.5 Å². The first kappa shape index (κ1) is 46.6. The van der Waals surface area contributed by atoms with Gasteiger partial charge in [-0.2, -0.15) is 0 Å². The van der Waals surface area contributed by atoms with Crippen molar-refractivity contribution in [2.45, 2.75) is 0 Å². The second-order valence-corrected chi connectivity index (χ2v) is 19.2. The van der Waals surface area contributed by atoms with Crippen LogP contribution in [0.2, 0.25) is 5.28 Å². The van der Waals surface area contributed by atoms with Crippen LogP contribution in [0.5, 0.6) is 5.75 Å². The average molecular weight is 1020 g/mol. The van der Waals surface area contributed by atoms with Crippen molar-refractivity contribution >= 4 is 128 Å². The fourth-order valence-electron chi connectivity index (χ4n) is 10.9. The third-order valence-corrected chi connectivity index (χ3v) is 14.6. The average Bonchev–Trinajstić information content (AvgIpc) is 4.23. The zero-order chi connectivity index (χ0) is 52.1. The highest BCUT2D eigenvalue weighted by atomic mass is 35.5. The van der Waals surface area contributed by atoms with Crippen molar-refractivity contribution in [2.75, 3.05) is 0 Å². The minimum atomic E-state index is 0.225. The molecule has 0 bridgehead atoms. The number of hydrogen-bond donors (Lipinski definition) is 1. The van der Waals surface area contributed by atoms with E-state index in [9.17, 15) is 0 Å². The second-order valence-electron chi connectivity index (χ2n) is 18.9. The van der Waals surface area contributed by atoms with Gasteiger partial charge in [0.1, 0.15) is 39.3 Å². The maximum atomic E-state index is 8.83. The fraction of sp³-hybridized carbons (Fsp3) is 0. The molecule has 1 radical (unpaired) electrons. The Balaban J connectivity index is 0.000000115. The van der Waals surface area contributed by atoms with Gasteiger partial charge in [-0.1, -0.05) is 200 Å². The van der Waals surface area contributed by atoms with Crippen molar-refractivity contribution in [3.8, 4) is 39.7 Å². The summed E-state index contributed by atoms with van der Waals surface area (Å²) in [5.74, 6) is 1.32. The van der Waals surface area contributed by atoms with Gasteiger partial charge < -0.3 is 18.5 Å². The summed E-state index contributed by atoms with van der Waals surface area (Å²) < 4.78 is 17.3. The number of halogens is 1. The Morgan fingerprint density at radius 1 is 0.333 bits per heavy atom. The molecule has 367 valence electrons. The van der Waals surface area contributed by atoms with E-state index in [1.807, 2.05) is 115 Å². The Hall–Kier alpha value is -9.93. The Labute approximate surface area is 451 Å². The minimum absolute atomic E-state index is 0.225.